The lowest BCUT2D eigenvalue weighted by Gasteiger charge is -2.29. The molecular formula is C24H28FN2O4S. The van der Waals surface area contributed by atoms with Gasteiger partial charge in [-0.25, -0.2) is 12.8 Å². The van der Waals surface area contributed by atoms with Crippen LogP contribution in [0.3, 0.4) is 0 Å². The summed E-state index contributed by atoms with van der Waals surface area (Å²) in [6.07, 6.45) is 2.10. The fourth-order valence-electron chi connectivity index (χ4n) is 5.01. The summed E-state index contributed by atoms with van der Waals surface area (Å²) in [5.41, 5.74) is 2.42. The van der Waals surface area contributed by atoms with E-state index in [4.69, 9.17) is 9.47 Å². The molecule has 6 nitrogen and oxygen atoms in total. The van der Waals surface area contributed by atoms with E-state index >= 15 is 0 Å². The molecule has 0 bridgehead atoms. The average Bonchev–Trinajstić information content (AvgIpc) is 3.20. The molecular weight excluding hydrogens is 431 g/mol. The number of hydrogen-bond donors (Lipinski definition) is 0. The van der Waals surface area contributed by atoms with Gasteiger partial charge in [0.15, 0.2) is 0 Å². The van der Waals surface area contributed by atoms with Crippen LogP contribution in [0.2, 0.25) is 0 Å². The van der Waals surface area contributed by atoms with Gasteiger partial charge in [0, 0.05) is 26.2 Å². The Bertz CT molecular complexity index is 1100. The largest absolute Gasteiger partial charge is 0.495 e. The zero-order valence-corrected chi connectivity index (χ0v) is 19.1. The van der Waals surface area contributed by atoms with Crippen molar-refractivity contribution in [3.63, 3.8) is 0 Å². The van der Waals surface area contributed by atoms with Crippen molar-refractivity contribution in [2.24, 2.45) is 17.8 Å². The second-order valence-corrected chi connectivity index (χ2v) is 10.8. The van der Waals surface area contributed by atoms with Crippen LogP contribution in [0.1, 0.15) is 11.1 Å². The van der Waals surface area contributed by atoms with Crippen molar-refractivity contribution in [1.29, 1.82) is 0 Å². The van der Waals surface area contributed by atoms with E-state index < -0.39 is 10.0 Å². The van der Waals surface area contributed by atoms with Crippen LogP contribution in [0.5, 0.6) is 5.75 Å². The number of sulfonamides is 1. The first-order valence-electron chi connectivity index (χ1n) is 11.0. The number of nitrogens with zero attached hydrogens (tertiary/aromatic N) is 2. The Morgan fingerprint density at radius 2 is 1.81 bits per heavy atom. The quantitative estimate of drug-likeness (QED) is 0.665. The van der Waals surface area contributed by atoms with Crippen LogP contribution >= 0.6 is 0 Å². The fourth-order valence-corrected chi connectivity index (χ4v) is 6.67. The van der Waals surface area contributed by atoms with E-state index in [0.717, 1.165) is 11.1 Å². The van der Waals surface area contributed by atoms with Crippen LogP contribution in [-0.4, -0.2) is 59.2 Å². The van der Waals surface area contributed by atoms with Gasteiger partial charge in [-0.3, -0.25) is 0 Å². The normalized spacial score (nSPS) is 25.6. The summed E-state index contributed by atoms with van der Waals surface area (Å²) in [4.78, 5) is 2.23. The van der Waals surface area contributed by atoms with Gasteiger partial charge in [-0.05, 0) is 66.5 Å². The Morgan fingerprint density at radius 3 is 2.47 bits per heavy atom. The highest BCUT2D eigenvalue weighted by Crippen LogP contribution is 2.55. The maximum atomic E-state index is 14.7. The molecule has 32 heavy (non-hydrogen) atoms. The Morgan fingerprint density at radius 1 is 1.09 bits per heavy atom. The lowest BCUT2D eigenvalue weighted by atomic mass is 10.0. The number of rotatable bonds is 6. The summed E-state index contributed by atoms with van der Waals surface area (Å²) in [6.45, 7) is 5.50. The first kappa shape index (κ1) is 21.7. The number of hydrogen-bond acceptors (Lipinski definition) is 5. The zero-order valence-electron chi connectivity index (χ0n) is 18.3. The summed E-state index contributed by atoms with van der Waals surface area (Å²) in [6, 6.07) is 10.5. The fraction of sp³-hybridized carbons (Fsp3) is 0.458. The van der Waals surface area contributed by atoms with Gasteiger partial charge in [0.25, 0.3) is 0 Å². The molecule has 3 fully saturated rings. The molecule has 5 rings (SSSR count). The summed E-state index contributed by atoms with van der Waals surface area (Å²) in [5, 5.41) is 0. The van der Waals surface area contributed by atoms with Crippen LogP contribution in [-0.2, 0) is 14.8 Å². The summed E-state index contributed by atoms with van der Waals surface area (Å²) in [5.74, 6) is 1.01. The third kappa shape index (κ3) is 3.89. The monoisotopic (exact) mass is 459 g/mol. The molecule has 0 aromatic heterocycles. The van der Waals surface area contributed by atoms with Crippen molar-refractivity contribution in [2.45, 2.75) is 11.8 Å². The van der Waals surface area contributed by atoms with Crippen LogP contribution in [0.25, 0.3) is 0 Å². The predicted octanol–water partition coefficient (Wildman–Crippen LogP) is 3.10. The summed E-state index contributed by atoms with van der Waals surface area (Å²) >= 11 is 0. The number of benzene rings is 2. The van der Waals surface area contributed by atoms with Crippen molar-refractivity contribution in [3.05, 3.63) is 59.8 Å². The van der Waals surface area contributed by atoms with Gasteiger partial charge in [0.1, 0.15) is 16.5 Å². The standard InChI is InChI=1S/C24H28FN2O4S/c1-16-3-6-24(23(11-16)30-2)32(28,29)27-14-19-18(20(19)15-27)12-17-4-5-22(21(25)13-17)26-7-9-31-10-8-26/h3-6,11-13,18-20H,7-10,14-15H2,1-2H3. The maximum Gasteiger partial charge on any atom is 0.246 e. The Balaban J connectivity index is 1.23. The molecule has 3 aliphatic rings. The molecule has 0 amide bonds. The van der Waals surface area contributed by atoms with E-state index in [2.05, 4.69) is 6.42 Å². The summed E-state index contributed by atoms with van der Waals surface area (Å²) in [7, 11) is -2.11. The summed E-state index contributed by atoms with van der Waals surface area (Å²) < 4.78 is 53.2. The van der Waals surface area contributed by atoms with Crippen LogP contribution in [0, 0.1) is 36.9 Å². The molecule has 2 aromatic rings. The topological polar surface area (TPSA) is 59.1 Å². The molecule has 2 saturated heterocycles. The van der Waals surface area contributed by atoms with Gasteiger partial charge < -0.3 is 14.4 Å². The first-order valence-corrected chi connectivity index (χ1v) is 12.4. The minimum absolute atomic E-state index is 0.216. The Kier molecular flexibility index (Phi) is 5.63. The highest BCUT2D eigenvalue weighted by Gasteiger charge is 2.57. The van der Waals surface area contributed by atoms with Gasteiger partial charge in [0.2, 0.25) is 10.0 Å². The van der Waals surface area contributed by atoms with Gasteiger partial charge in [0.05, 0.1) is 26.0 Å². The van der Waals surface area contributed by atoms with E-state index in [1.165, 1.54) is 7.11 Å². The average molecular weight is 460 g/mol. The SMILES string of the molecule is COc1cc(C)ccc1S(=O)(=O)N1CC2C([CH]c3ccc(N4CCOCC4)c(F)c3)C2C1. The molecule has 1 aliphatic carbocycles. The number of halogens is 1. The third-order valence-electron chi connectivity index (χ3n) is 6.87. The molecule has 2 atom stereocenters. The van der Waals surface area contributed by atoms with E-state index in [0.29, 0.717) is 50.8 Å². The number of aryl methyl sites for hydroxylation is 1. The highest BCUT2D eigenvalue weighted by molar-refractivity contribution is 7.89. The van der Waals surface area contributed by atoms with Crippen molar-refractivity contribution in [2.75, 3.05) is 51.4 Å². The third-order valence-corrected chi connectivity index (χ3v) is 8.74. The zero-order chi connectivity index (χ0) is 22.5. The second-order valence-electron chi connectivity index (χ2n) is 8.86. The first-order chi connectivity index (χ1) is 15.4. The molecule has 1 radical (unpaired) electrons. The van der Waals surface area contributed by atoms with Crippen molar-refractivity contribution in [1.82, 2.24) is 4.31 Å². The number of fused-ring (bicyclic) bond motifs is 1. The Hall–Kier alpha value is -2.16. The van der Waals surface area contributed by atoms with Crippen molar-refractivity contribution in [3.8, 4) is 5.75 Å². The minimum Gasteiger partial charge on any atom is -0.495 e. The van der Waals surface area contributed by atoms with E-state index in [-0.39, 0.29) is 28.5 Å². The van der Waals surface area contributed by atoms with Crippen molar-refractivity contribution < 1.29 is 22.3 Å². The molecule has 0 spiro atoms. The van der Waals surface area contributed by atoms with Crippen LogP contribution in [0.4, 0.5) is 10.1 Å². The number of piperidine rings is 1. The number of ether oxygens (including phenoxy) is 2. The van der Waals surface area contributed by atoms with E-state index in [1.807, 2.05) is 24.0 Å². The van der Waals surface area contributed by atoms with Crippen LogP contribution in [0.15, 0.2) is 41.3 Å². The molecule has 0 N–H and O–H groups in total. The molecule has 2 aromatic carbocycles. The maximum absolute atomic E-state index is 14.7. The molecule has 1 saturated carbocycles. The molecule has 2 heterocycles. The lowest BCUT2D eigenvalue weighted by molar-refractivity contribution is 0.122. The lowest BCUT2D eigenvalue weighted by Crippen LogP contribution is -2.36. The smallest absolute Gasteiger partial charge is 0.246 e. The number of morpholine rings is 1. The molecule has 2 aliphatic heterocycles. The second kappa shape index (κ2) is 8.32. The minimum atomic E-state index is -3.60. The molecule has 8 heteroatoms. The van der Waals surface area contributed by atoms with E-state index in [9.17, 15) is 12.8 Å². The van der Waals surface area contributed by atoms with E-state index in [1.54, 1.807) is 28.6 Å². The Labute approximate surface area is 189 Å². The van der Waals surface area contributed by atoms with Crippen LogP contribution < -0.4 is 9.64 Å². The number of anilines is 1. The molecule has 171 valence electrons. The van der Waals surface area contributed by atoms with Crippen molar-refractivity contribution >= 4 is 15.7 Å². The van der Waals surface area contributed by atoms with Gasteiger partial charge >= 0.3 is 0 Å². The van der Waals surface area contributed by atoms with Gasteiger partial charge in [-0.1, -0.05) is 12.1 Å². The number of methoxy groups -OCH3 is 1. The highest BCUT2D eigenvalue weighted by atomic mass is 32.2. The van der Waals surface area contributed by atoms with Gasteiger partial charge in [-0.15, -0.1) is 0 Å². The predicted molar refractivity (Wildman–Crippen MR) is 120 cm³/mol. The van der Waals surface area contributed by atoms with Gasteiger partial charge in [-0.2, -0.15) is 4.31 Å². The molecule has 2 unspecified atom stereocenters.